The summed E-state index contributed by atoms with van der Waals surface area (Å²) in [6, 6.07) is 1.52. The van der Waals surface area contributed by atoms with Gasteiger partial charge in [0.05, 0.1) is 27.9 Å². The number of carbonyl (C=O) groups is 1. The number of carbonyl (C=O) groups excluding carboxylic acids is 1. The van der Waals surface area contributed by atoms with Gasteiger partial charge in [0.15, 0.2) is 17.3 Å². The molecule has 0 bridgehead atoms. The van der Waals surface area contributed by atoms with Crippen molar-refractivity contribution in [1.82, 2.24) is 4.90 Å². The number of hydrogen-bond acceptors (Lipinski definition) is 6. The van der Waals surface area contributed by atoms with E-state index in [0.29, 0.717) is 5.75 Å². The number of rotatable bonds is 6. The first-order valence-corrected chi connectivity index (χ1v) is 5.66. The van der Waals surface area contributed by atoms with Crippen molar-refractivity contribution in [2.24, 2.45) is 0 Å². The van der Waals surface area contributed by atoms with Crippen molar-refractivity contribution in [3.8, 4) is 23.0 Å². The Morgan fingerprint density at radius 2 is 1.74 bits per heavy atom. The van der Waals surface area contributed by atoms with E-state index >= 15 is 0 Å². The lowest BCUT2D eigenvalue weighted by molar-refractivity contribution is 0.0951. The minimum Gasteiger partial charge on any atom is -0.504 e. The Labute approximate surface area is 112 Å². The quantitative estimate of drug-likeness (QED) is 0.782. The average molecular weight is 269 g/mol. The van der Waals surface area contributed by atoms with Gasteiger partial charge in [-0.2, -0.15) is 0 Å². The van der Waals surface area contributed by atoms with Crippen molar-refractivity contribution in [3.63, 3.8) is 0 Å². The summed E-state index contributed by atoms with van der Waals surface area (Å²) in [5.74, 6) is 0.136. The fourth-order valence-electron chi connectivity index (χ4n) is 1.75. The van der Waals surface area contributed by atoms with E-state index in [0.717, 1.165) is 0 Å². The summed E-state index contributed by atoms with van der Waals surface area (Å²) in [7, 11) is 7.79. The number of hydrogen-bond donors (Lipinski definition) is 1. The molecule has 6 heteroatoms. The van der Waals surface area contributed by atoms with Crippen LogP contribution >= 0.6 is 0 Å². The maximum atomic E-state index is 12.1. The number of nitrogens with zero attached hydrogens (tertiary/aromatic N) is 1. The van der Waals surface area contributed by atoms with Crippen LogP contribution < -0.4 is 14.2 Å². The number of aromatic hydroxyl groups is 1. The number of ether oxygens (including phenoxy) is 3. The highest BCUT2D eigenvalue weighted by Crippen LogP contribution is 2.44. The second kappa shape index (κ2) is 6.29. The summed E-state index contributed by atoms with van der Waals surface area (Å²) in [5.41, 5.74) is 0.0915. The molecule has 0 heterocycles. The zero-order chi connectivity index (χ0) is 14.6. The molecule has 1 rings (SSSR count). The first-order valence-electron chi connectivity index (χ1n) is 5.66. The first-order chi connectivity index (χ1) is 8.96. The number of ketones is 1. The topological polar surface area (TPSA) is 68.2 Å². The third-order valence-electron chi connectivity index (χ3n) is 2.57. The van der Waals surface area contributed by atoms with Crippen LogP contribution in [0.2, 0.25) is 0 Å². The summed E-state index contributed by atoms with van der Waals surface area (Å²) < 4.78 is 15.3. The lowest BCUT2D eigenvalue weighted by atomic mass is 10.1. The number of phenols is 1. The second-order valence-electron chi connectivity index (χ2n) is 4.20. The molecule has 0 fully saturated rings. The molecular formula is C13H19NO5. The molecule has 6 nitrogen and oxygen atoms in total. The van der Waals surface area contributed by atoms with Crippen LogP contribution in [0, 0.1) is 0 Å². The molecular weight excluding hydrogens is 250 g/mol. The van der Waals surface area contributed by atoms with E-state index in [9.17, 15) is 9.90 Å². The van der Waals surface area contributed by atoms with Gasteiger partial charge in [-0.05, 0) is 14.1 Å². The Hall–Kier alpha value is -1.95. The number of benzene rings is 1. The van der Waals surface area contributed by atoms with Gasteiger partial charge in [0.2, 0.25) is 5.75 Å². The number of phenolic OH excluding ortho intramolecular Hbond substituents is 1. The van der Waals surface area contributed by atoms with Crippen LogP contribution in [0.3, 0.4) is 0 Å². The summed E-state index contributed by atoms with van der Waals surface area (Å²) in [6.45, 7) is 0.152. The molecule has 0 saturated heterocycles. The zero-order valence-electron chi connectivity index (χ0n) is 11.8. The highest BCUT2D eigenvalue weighted by molar-refractivity contribution is 6.03. The molecule has 0 saturated carbocycles. The van der Waals surface area contributed by atoms with Crippen LogP contribution in [0.25, 0.3) is 0 Å². The lowest BCUT2D eigenvalue weighted by Gasteiger charge is -2.17. The highest BCUT2D eigenvalue weighted by atomic mass is 16.5. The van der Waals surface area contributed by atoms with Gasteiger partial charge < -0.3 is 24.2 Å². The molecule has 1 aromatic rings. The molecule has 0 radical (unpaired) electrons. The Bertz CT molecular complexity index is 471. The molecule has 1 aromatic carbocycles. The van der Waals surface area contributed by atoms with Crippen molar-refractivity contribution in [2.75, 3.05) is 42.0 Å². The van der Waals surface area contributed by atoms with Gasteiger partial charge in [0.1, 0.15) is 11.3 Å². The van der Waals surface area contributed by atoms with E-state index < -0.39 is 0 Å². The second-order valence-corrected chi connectivity index (χ2v) is 4.20. The van der Waals surface area contributed by atoms with Gasteiger partial charge in [-0.25, -0.2) is 0 Å². The fourth-order valence-corrected chi connectivity index (χ4v) is 1.75. The van der Waals surface area contributed by atoms with Crippen molar-refractivity contribution in [1.29, 1.82) is 0 Å². The monoisotopic (exact) mass is 269 g/mol. The van der Waals surface area contributed by atoms with Crippen molar-refractivity contribution >= 4 is 5.78 Å². The number of Topliss-reactive ketones (excluding diaryl/α,β-unsaturated/α-hetero) is 1. The summed E-state index contributed by atoms with van der Waals surface area (Å²) >= 11 is 0. The van der Waals surface area contributed by atoms with Crippen LogP contribution in [0.5, 0.6) is 23.0 Å². The van der Waals surface area contributed by atoms with E-state index in [2.05, 4.69) is 0 Å². The van der Waals surface area contributed by atoms with Gasteiger partial charge in [0, 0.05) is 6.07 Å². The Morgan fingerprint density at radius 1 is 1.16 bits per heavy atom. The normalized spacial score (nSPS) is 10.4. The molecule has 106 valence electrons. The highest BCUT2D eigenvalue weighted by Gasteiger charge is 2.25. The first kappa shape index (κ1) is 15.1. The molecule has 0 spiro atoms. The van der Waals surface area contributed by atoms with Gasteiger partial charge in [-0.3, -0.25) is 4.79 Å². The molecule has 19 heavy (non-hydrogen) atoms. The SMILES string of the molecule is COc1cc(OC)c(C(=O)CN(C)C)c(O)c1OC. The third kappa shape index (κ3) is 3.08. The molecule has 0 unspecified atom stereocenters. The van der Waals surface area contributed by atoms with Crippen molar-refractivity contribution in [2.45, 2.75) is 0 Å². The summed E-state index contributed by atoms with van der Waals surface area (Å²) in [5, 5.41) is 10.2. The predicted octanol–water partition coefficient (Wildman–Crippen LogP) is 1.16. The van der Waals surface area contributed by atoms with E-state index in [1.165, 1.54) is 27.4 Å². The molecule has 0 aliphatic rings. The van der Waals surface area contributed by atoms with Crippen molar-refractivity contribution in [3.05, 3.63) is 11.6 Å². The molecule has 0 aromatic heterocycles. The molecule has 0 atom stereocenters. The third-order valence-corrected chi connectivity index (χ3v) is 2.57. The van der Waals surface area contributed by atoms with Gasteiger partial charge >= 0.3 is 0 Å². The standard InChI is InChI=1S/C13H19NO5/c1-14(2)7-8(15)11-9(17-3)6-10(18-4)13(19-5)12(11)16/h6,16H,7H2,1-5H3. The van der Waals surface area contributed by atoms with Crippen LogP contribution in [0.1, 0.15) is 10.4 Å². The van der Waals surface area contributed by atoms with E-state index in [-0.39, 0.29) is 35.1 Å². The minimum absolute atomic E-state index is 0.0915. The van der Waals surface area contributed by atoms with Gasteiger partial charge in [-0.15, -0.1) is 0 Å². The van der Waals surface area contributed by atoms with E-state index in [4.69, 9.17) is 14.2 Å². The van der Waals surface area contributed by atoms with Crippen LogP contribution in [-0.4, -0.2) is 57.8 Å². The van der Waals surface area contributed by atoms with Gasteiger partial charge in [-0.1, -0.05) is 0 Å². The summed E-state index contributed by atoms with van der Waals surface area (Å²) in [4.78, 5) is 13.9. The van der Waals surface area contributed by atoms with Crippen molar-refractivity contribution < 1.29 is 24.1 Å². The Morgan fingerprint density at radius 3 is 2.16 bits per heavy atom. The van der Waals surface area contributed by atoms with Crippen LogP contribution in [-0.2, 0) is 0 Å². The zero-order valence-corrected chi connectivity index (χ0v) is 11.8. The fraction of sp³-hybridized carbons (Fsp3) is 0.462. The summed E-state index contributed by atoms with van der Waals surface area (Å²) in [6.07, 6.45) is 0. The van der Waals surface area contributed by atoms with Crippen LogP contribution in [0.15, 0.2) is 6.07 Å². The molecule has 0 amide bonds. The number of likely N-dealkylation sites (N-methyl/N-ethyl adjacent to an activating group) is 1. The smallest absolute Gasteiger partial charge is 0.204 e. The van der Waals surface area contributed by atoms with Gasteiger partial charge in [0.25, 0.3) is 0 Å². The van der Waals surface area contributed by atoms with E-state index in [1.807, 2.05) is 0 Å². The Balaban J connectivity index is 3.40. The maximum Gasteiger partial charge on any atom is 0.204 e. The average Bonchev–Trinajstić information content (AvgIpc) is 2.36. The molecule has 0 aliphatic carbocycles. The lowest BCUT2D eigenvalue weighted by Crippen LogP contribution is -2.22. The van der Waals surface area contributed by atoms with E-state index in [1.54, 1.807) is 19.0 Å². The minimum atomic E-state index is -0.273. The Kier molecular flexibility index (Phi) is 5.00. The number of methoxy groups -OCH3 is 3. The molecule has 1 N–H and O–H groups in total. The largest absolute Gasteiger partial charge is 0.504 e. The maximum absolute atomic E-state index is 12.1. The molecule has 0 aliphatic heterocycles. The predicted molar refractivity (Wildman–Crippen MR) is 70.6 cm³/mol. The van der Waals surface area contributed by atoms with Crippen LogP contribution in [0.4, 0.5) is 0 Å².